The summed E-state index contributed by atoms with van der Waals surface area (Å²) < 4.78 is 0.991. The Hall–Kier alpha value is -2.41. The van der Waals surface area contributed by atoms with Crippen molar-refractivity contribution < 1.29 is 4.79 Å². The molecule has 7 heteroatoms. The summed E-state index contributed by atoms with van der Waals surface area (Å²) in [5.74, 6) is -0.300. The number of fused-ring (bicyclic) bond motifs is 1. The standard InChI is InChI=1S/C12H9N5OS/c1-7-4-10-9(5-14-7)16-12(19-10)17-11(18)8-2-3-13-6-15-8/h2-6H,1H3,(H,16,17,18). The van der Waals surface area contributed by atoms with E-state index in [2.05, 4.69) is 25.3 Å². The van der Waals surface area contributed by atoms with Crippen LogP contribution < -0.4 is 5.32 Å². The van der Waals surface area contributed by atoms with Crippen molar-refractivity contribution in [3.63, 3.8) is 0 Å². The van der Waals surface area contributed by atoms with Crippen molar-refractivity contribution in [2.24, 2.45) is 0 Å². The van der Waals surface area contributed by atoms with Gasteiger partial charge in [-0.15, -0.1) is 0 Å². The summed E-state index contributed by atoms with van der Waals surface area (Å²) in [6.45, 7) is 1.91. The van der Waals surface area contributed by atoms with Gasteiger partial charge in [0.1, 0.15) is 17.5 Å². The quantitative estimate of drug-likeness (QED) is 0.771. The number of hydrogen-bond donors (Lipinski definition) is 1. The molecule has 3 aromatic heterocycles. The fourth-order valence-corrected chi connectivity index (χ4v) is 2.50. The van der Waals surface area contributed by atoms with Crippen molar-refractivity contribution in [3.8, 4) is 0 Å². The third-order valence-electron chi connectivity index (χ3n) is 2.45. The second kappa shape index (κ2) is 4.69. The third kappa shape index (κ3) is 2.41. The minimum Gasteiger partial charge on any atom is -0.296 e. The number of aryl methyl sites for hydroxylation is 1. The van der Waals surface area contributed by atoms with E-state index in [1.165, 1.54) is 23.9 Å². The molecule has 0 fully saturated rings. The molecule has 94 valence electrons. The second-order valence-corrected chi connectivity index (χ2v) is 4.89. The highest BCUT2D eigenvalue weighted by atomic mass is 32.1. The van der Waals surface area contributed by atoms with E-state index in [1.54, 1.807) is 12.3 Å². The molecule has 0 unspecified atom stereocenters. The monoisotopic (exact) mass is 271 g/mol. The Morgan fingerprint density at radius 3 is 3.05 bits per heavy atom. The van der Waals surface area contributed by atoms with E-state index in [-0.39, 0.29) is 5.91 Å². The molecule has 3 aromatic rings. The highest BCUT2D eigenvalue weighted by Crippen LogP contribution is 2.25. The maximum Gasteiger partial charge on any atom is 0.276 e. The lowest BCUT2D eigenvalue weighted by atomic mass is 10.4. The van der Waals surface area contributed by atoms with Gasteiger partial charge >= 0.3 is 0 Å². The minimum absolute atomic E-state index is 0.300. The van der Waals surface area contributed by atoms with E-state index < -0.39 is 0 Å². The van der Waals surface area contributed by atoms with E-state index >= 15 is 0 Å². The van der Waals surface area contributed by atoms with Gasteiger partial charge < -0.3 is 0 Å². The van der Waals surface area contributed by atoms with Gasteiger partial charge in [0.15, 0.2) is 5.13 Å². The zero-order valence-corrected chi connectivity index (χ0v) is 10.8. The Morgan fingerprint density at radius 1 is 1.37 bits per heavy atom. The van der Waals surface area contributed by atoms with Crippen LogP contribution in [0.1, 0.15) is 16.2 Å². The van der Waals surface area contributed by atoms with Crippen molar-refractivity contribution >= 4 is 32.6 Å². The Balaban J connectivity index is 1.87. The number of thiazole rings is 1. The molecule has 0 aromatic carbocycles. The molecule has 0 radical (unpaired) electrons. The molecule has 0 aliphatic rings. The van der Waals surface area contributed by atoms with Crippen LogP contribution in [0.4, 0.5) is 5.13 Å². The lowest BCUT2D eigenvalue weighted by Gasteiger charge is -1.98. The van der Waals surface area contributed by atoms with Crippen LogP contribution in [0.15, 0.2) is 30.9 Å². The van der Waals surface area contributed by atoms with Crippen LogP contribution in [0.2, 0.25) is 0 Å². The number of anilines is 1. The first kappa shape index (κ1) is 11.7. The van der Waals surface area contributed by atoms with Gasteiger partial charge in [-0.1, -0.05) is 11.3 Å². The van der Waals surface area contributed by atoms with Crippen molar-refractivity contribution in [1.82, 2.24) is 19.9 Å². The average molecular weight is 271 g/mol. The van der Waals surface area contributed by atoms with Crippen LogP contribution in [0.25, 0.3) is 10.2 Å². The first-order chi connectivity index (χ1) is 9.22. The molecule has 3 rings (SSSR count). The molecular weight excluding hydrogens is 262 g/mol. The predicted molar refractivity (Wildman–Crippen MR) is 72.1 cm³/mol. The molecule has 1 amide bonds. The van der Waals surface area contributed by atoms with Gasteiger partial charge in [0.05, 0.1) is 10.9 Å². The third-order valence-corrected chi connectivity index (χ3v) is 3.38. The van der Waals surface area contributed by atoms with Crippen LogP contribution in [0.3, 0.4) is 0 Å². The maximum absolute atomic E-state index is 11.9. The fraction of sp³-hybridized carbons (Fsp3) is 0.0833. The number of amides is 1. The SMILES string of the molecule is Cc1cc2sc(NC(=O)c3ccncn3)nc2cn1. The largest absolute Gasteiger partial charge is 0.296 e. The molecule has 0 aliphatic heterocycles. The summed E-state index contributed by atoms with van der Waals surface area (Å²) in [5.41, 5.74) is 2.00. The number of rotatable bonds is 2. The number of pyridine rings is 1. The molecular formula is C12H9N5OS. The first-order valence-corrected chi connectivity index (χ1v) is 6.34. The molecule has 19 heavy (non-hydrogen) atoms. The average Bonchev–Trinajstić information content (AvgIpc) is 2.81. The van der Waals surface area contributed by atoms with E-state index in [9.17, 15) is 4.79 Å². The van der Waals surface area contributed by atoms with Gasteiger partial charge in [-0.05, 0) is 19.1 Å². The van der Waals surface area contributed by atoms with Crippen LogP contribution in [-0.4, -0.2) is 25.8 Å². The molecule has 1 N–H and O–H groups in total. The molecule has 3 heterocycles. The molecule has 0 bridgehead atoms. The van der Waals surface area contributed by atoms with Crippen molar-refractivity contribution in [2.45, 2.75) is 6.92 Å². The molecule has 0 aliphatic carbocycles. The Bertz CT molecular complexity index is 740. The van der Waals surface area contributed by atoms with Crippen LogP contribution in [0.5, 0.6) is 0 Å². The van der Waals surface area contributed by atoms with Gasteiger partial charge in [0, 0.05) is 11.9 Å². The Labute approximate surface area is 112 Å². The van der Waals surface area contributed by atoms with Crippen LogP contribution in [0, 0.1) is 6.92 Å². The van der Waals surface area contributed by atoms with Crippen LogP contribution >= 0.6 is 11.3 Å². The lowest BCUT2D eigenvalue weighted by molar-refractivity contribution is 0.102. The van der Waals surface area contributed by atoms with Gasteiger partial charge in [-0.25, -0.2) is 15.0 Å². The van der Waals surface area contributed by atoms with Crippen molar-refractivity contribution in [1.29, 1.82) is 0 Å². The molecule has 6 nitrogen and oxygen atoms in total. The second-order valence-electron chi connectivity index (χ2n) is 3.86. The summed E-state index contributed by atoms with van der Waals surface area (Å²) >= 11 is 1.41. The summed E-state index contributed by atoms with van der Waals surface area (Å²) in [7, 11) is 0. The lowest BCUT2D eigenvalue weighted by Crippen LogP contribution is -2.13. The highest BCUT2D eigenvalue weighted by Gasteiger charge is 2.10. The normalized spacial score (nSPS) is 10.6. The molecule has 0 atom stereocenters. The van der Waals surface area contributed by atoms with E-state index in [1.807, 2.05) is 13.0 Å². The number of nitrogens with zero attached hydrogens (tertiary/aromatic N) is 4. The van der Waals surface area contributed by atoms with E-state index in [4.69, 9.17) is 0 Å². The topological polar surface area (TPSA) is 80.7 Å². The summed E-state index contributed by atoms with van der Waals surface area (Å²) in [6, 6.07) is 3.49. The summed E-state index contributed by atoms with van der Waals surface area (Å²) in [4.78, 5) is 28.0. The van der Waals surface area contributed by atoms with Gasteiger partial charge in [0.25, 0.3) is 5.91 Å². The first-order valence-electron chi connectivity index (χ1n) is 5.53. The number of aromatic nitrogens is 4. The zero-order valence-electron chi connectivity index (χ0n) is 9.99. The number of hydrogen-bond acceptors (Lipinski definition) is 6. The predicted octanol–water partition coefficient (Wildman–Crippen LogP) is 2.04. The number of nitrogens with one attached hydrogen (secondary N) is 1. The van der Waals surface area contributed by atoms with Gasteiger partial charge in [0.2, 0.25) is 0 Å². The molecule has 0 saturated heterocycles. The Kier molecular flexibility index (Phi) is 2.88. The van der Waals surface area contributed by atoms with E-state index in [0.717, 1.165) is 15.9 Å². The summed E-state index contributed by atoms with van der Waals surface area (Å²) in [5, 5.41) is 3.25. The Morgan fingerprint density at radius 2 is 2.26 bits per heavy atom. The minimum atomic E-state index is -0.300. The summed E-state index contributed by atoms with van der Waals surface area (Å²) in [6.07, 6.45) is 4.55. The number of carbonyl (C=O) groups excluding carboxylic acids is 1. The van der Waals surface area contributed by atoms with E-state index in [0.29, 0.717) is 10.8 Å². The smallest absolute Gasteiger partial charge is 0.276 e. The number of carbonyl (C=O) groups is 1. The van der Waals surface area contributed by atoms with Crippen molar-refractivity contribution in [2.75, 3.05) is 5.32 Å². The van der Waals surface area contributed by atoms with Crippen LogP contribution in [-0.2, 0) is 0 Å². The van der Waals surface area contributed by atoms with Gasteiger partial charge in [-0.2, -0.15) is 0 Å². The highest BCUT2D eigenvalue weighted by molar-refractivity contribution is 7.22. The molecule has 0 spiro atoms. The maximum atomic E-state index is 11.9. The molecule has 0 saturated carbocycles. The van der Waals surface area contributed by atoms with Gasteiger partial charge in [-0.3, -0.25) is 15.1 Å². The fourth-order valence-electron chi connectivity index (χ4n) is 1.57. The van der Waals surface area contributed by atoms with Crippen molar-refractivity contribution in [3.05, 3.63) is 42.2 Å². The zero-order chi connectivity index (χ0) is 13.2.